The van der Waals surface area contributed by atoms with E-state index in [-0.39, 0.29) is 12.0 Å². The Bertz CT molecular complexity index is 1150. The van der Waals surface area contributed by atoms with Crippen LogP contribution < -0.4 is 14.8 Å². The van der Waals surface area contributed by atoms with Crippen LogP contribution in [0.3, 0.4) is 0 Å². The molecule has 1 aromatic heterocycles. The van der Waals surface area contributed by atoms with Gasteiger partial charge in [0.15, 0.2) is 11.5 Å². The third kappa shape index (κ3) is 4.53. The summed E-state index contributed by atoms with van der Waals surface area (Å²) in [5.74, 6) is 4.63. The average Bonchev–Trinajstić information content (AvgIpc) is 2.79. The molecule has 1 aliphatic rings. The summed E-state index contributed by atoms with van der Waals surface area (Å²) in [6, 6.07) is 11.3. The summed E-state index contributed by atoms with van der Waals surface area (Å²) in [7, 11) is 1.61. The summed E-state index contributed by atoms with van der Waals surface area (Å²) in [5, 5.41) is 4.13. The van der Waals surface area contributed by atoms with Crippen molar-refractivity contribution in [2.24, 2.45) is 0 Å². The number of aromatic nitrogens is 2. The van der Waals surface area contributed by atoms with Gasteiger partial charge in [0.05, 0.1) is 12.6 Å². The molecule has 0 unspecified atom stereocenters. The van der Waals surface area contributed by atoms with Crippen LogP contribution >= 0.6 is 0 Å². The van der Waals surface area contributed by atoms with Crippen molar-refractivity contribution in [1.82, 2.24) is 14.9 Å². The molecule has 7 nitrogen and oxygen atoms in total. The normalized spacial score (nSPS) is 14.2. The summed E-state index contributed by atoms with van der Waals surface area (Å²) in [5.41, 5.74) is 2.36. The fourth-order valence-corrected chi connectivity index (χ4v) is 3.71. The molecule has 0 bridgehead atoms. The molecule has 0 radical (unpaired) electrons. The van der Waals surface area contributed by atoms with E-state index in [9.17, 15) is 4.79 Å². The molecule has 1 N–H and O–H groups in total. The van der Waals surface area contributed by atoms with Crippen molar-refractivity contribution < 1.29 is 14.3 Å². The molecule has 0 atom stereocenters. The van der Waals surface area contributed by atoms with Crippen LogP contribution in [0.5, 0.6) is 11.5 Å². The Morgan fingerprint density at radius 2 is 2.00 bits per heavy atom. The number of hydrogen-bond donors (Lipinski definition) is 1. The van der Waals surface area contributed by atoms with Gasteiger partial charge < -0.3 is 19.7 Å². The monoisotopic (exact) mass is 416 g/mol. The molecule has 3 aromatic rings. The highest BCUT2D eigenvalue weighted by Gasteiger charge is 2.23. The molecule has 2 aromatic carbocycles. The summed E-state index contributed by atoms with van der Waals surface area (Å²) in [6.07, 6.45) is 8.58. The van der Waals surface area contributed by atoms with Crippen molar-refractivity contribution in [3.05, 3.63) is 48.3 Å². The van der Waals surface area contributed by atoms with E-state index in [2.05, 4.69) is 21.2 Å². The third-order valence-corrected chi connectivity index (χ3v) is 5.39. The fourth-order valence-electron chi connectivity index (χ4n) is 3.71. The Kier molecular flexibility index (Phi) is 5.89. The van der Waals surface area contributed by atoms with Crippen LogP contribution in [0.1, 0.15) is 25.3 Å². The van der Waals surface area contributed by atoms with E-state index in [0.29, 0.717) is 30.4 Å². The van der Waals surface area contributed by atoms with Crippen LogP contribution in [-0.4, -0.2) is 47.1 Å². The van der Waals surface area contributed by atoms with Gasteiger partial charge in [-0.05, 0) is 24.3 Å². The molecular formula is C24H24N4O3. The van der Waals surface area contributed by atoms with Crippen LogP contribution in [0.4, 0.5) is 11.5 Å². The van der Waals surface area contributed by atoms with E-state index in [4.69, 9.17) is 15.9 Å². The number of likely N-dealkylation sites (tertiary alicyclic amines) is 1. The minimum absolute atomic E-state index is 0.00954. The smallest absolute Gasteiger partial charge is 0.219 e. The number of anilines is 2. The highest BCUT2D eigenvalue weighted by atomic mass is 16.5. The van der Waals surface area contributed by atoms with E-state index in [0.717, 1.165) is 35.0 Å². The van der Waals surface area contributed by atoms with Gasteiger partial charge in [0, 0.05) is 55.6 Å². The first kappa shape index (κ1) is 20.5. The molecule has 4 rings (SSSR count). The van der Waals surface area contributed by atoms with Crippen molar-refractivity contribution >= 4 is 28.3 Å². The fraction of sp³-hybridized carbons (Fsp3) is 0.292. The van der Waals surface area contributed by atoms with Crippen LogP contribution in [-0.2, 0) is 4.79 Å². The highest BCUT2D eigenvalue weighted by Crippen LogP contribution is 2.36. The Hall–Kier alpha value is -3.79. The number of fused-ring (bicyclic) bond motifs is 1. The van der Waals surface area contributed by atoms with Crippen molar-refractivity contribution in [2.75, 3.05) is 25.5 Å². The van der Waals surface area contributed by atoms with Crippen molar-refractivity contribution in [3.8, 4) is 23.8 Å². The van der Waals surface area contributed by atoms with Crippen LogP contribution in [0.25, 0.3) is 10.9 Å². The van der Waals surface area contributed by atoms with Crippen molar-refractivity contribution in [3.63, 3.8) is 0 Å². The molecule has 158 valence electrons. The second-order valence-corrected chi connectivity index (χ2v) is 7.42. The zero-order valence-electron chi connectivity index (χ0n) is 17.6. The molecule has 1 amide bonds. The van der Waals surface area contributed by atoms with Gasteiger partial charge in [-0.15, -0.1) is 6.42 Å². The van der Waals surface area contributed by atoms with Crippen LogP contribution in [0.15, 0.2) is 42.7 Å². The standard InChI is InChI=1S/C24H24N4O3/c1-4-17-6-5-7-18(12-17)27-24-20-13-23(22(30-3)14-21(20)25-15-26-24)31-19-8-10-28(11-9-19)16(2)29/h1,5-7,12-15,19H,8-11H2,2-3H3,(H,25,26,27). The number of methoxy groups -OCH3 is 1. The van der Waals surface area contributed by atoms with Crippen LogP contribution in [0.2, 0.25) is 0 Å². The van der Waals surface area contributed by atoms with Gasteiger partial charge in [-0.3, -0.25) is 4.79 Å². The summed E-state index contributed by atoms with van der Waals surface area (Å²) < 4.78 is 11.8. The zero-order chi connectivity index (χ0) is 21.8. The number of nitrogens with zero attached hydrogens (tertiary/aromatic N) is 3. The number of terminal acetylenes is 1. The first-order chi connectivity index (χ1) is 15.1. The Labute approximate surface area is 181 Å². The van der Waals surface area contributed by atoms with Crippen molar-refractivity contribution in [2.45, 2.75) is 25.9 Å². The Balaban J connectivity index is 1.62. The number of piperidine rings is 1. The quantitative estimate of drug-likeness (QED) is 0.639. The van der Waals surface area contributed by atoms with Gasteiger partial charge in [0.2, 0.25) is 5.91 Å². The molecule has 1 fully saturated rings. The van der Waals surface area contributed by atoms with E-state index in [1.165, 1.54) is 6.33 Å². The Morgan fingerprint density at radius 3 is 2.71 bits per heavy atom. The van der Waals surface area contributed by atoms with Gasteiger partial charge in [-0.25, -0.2) is 9.97 Å². The molecule has 1 aliphatic heterocycles. The maximum atomic E-state index is 11.6. The maximum Gasteiger partial charge on any atom is 0.219 e. The molecule has 31 heavy (non-hydrogen) atoms. The van der Waals surface area contributed by atoms with Gasteiger partial charge in [0.1, 0.15) is 18.2 Å². The number of rotatable bonds is 5. The largest absolute Gasteiger partial charge is 0.493 e. The molecule has 1 saturated heterocycles. The SMILES string of the molecule is C#Cc1cccc(Nc2ncnc3cc(OC)c(OC4CCN(C(C)=O)CC4)cc23)c1. The van der Waals surface area contributed by atoms with E-state index in [1.54, 1.807) is 14.0 Å². The summed E-state index contributed by atoms with van der Waals surface area (Å²) in [6.45, 7) is 2.98. The topological polar surface area (TPSA) is 76.6 Å². The zero-order valence-corrected chi connectivity index (χ0v) is 17.6. The second-order valence-electron chi connectivity index (χ2n) is 7.42. The lowest BCUT2D eigenvalue weighted by molar-refractivity contribution is -0.130. The minimum Gasteiger partial charge on any atom is -0.493 e. The van der Waals surface area contributed by atoms with Gasteiger partial charge in [-0.2, -0.15) is 0 Å². The average molecular weight is 416 g/mol. The third-order valence-electron chi connectivity index (χ3n) is 5.39. The number of ether oxygens (including phenoxy) is 2. The number of benzene rings is 2. The van der Waals surface area contributed by atoms with Gasteiger partial charge >= 0.3 is 0 Å². The minimum atomic E-state index is 0.00954. The predicted octanol–water partition coefficient (Wildman–Crippen LogP) is 3.75. The molecular weight excluding hydrogens is 392 g/mol. The molecule has 0 spiro atoms. The second kappa shape index (κ2) is 8.92. The number of nitrogens with one attached hydrogen (secondary N) is 1. The molecule has 0 saturated carbocycles. The lowest BCUT2D eigenvalue weighted by atomic mass is 10.1. The lowest BCUT2D eigenvalue weighted by Gasteiger charge is -2.31. The van der Waals surface area contributed by atoms with E-state index < -0.39 is 0 Å². The maximum absolute atomic E-state index is 11.6. The summed E-state index contributed by atoms with van der Waals surface area (Å²) >= 11 is 0. The first-order valence-electron chi connectivity index (χ1n) is 10.2. The molecule has 2 heterocycles. The van der Waals surface area contributed by atoms with Gasteiger partial charge in [-0.1, -0.05) is 12.0 Å². The van der Waals surface area contributed by atoms with E-state index in [1.807, 2.05) is 41.3 Å². The predicted molar refractivity (Wildman–Crippen MR) is 120 cm³/mol. The number of carbonyl (C=O) groups is 1. The van der Waals surface area contributed by atoms with Gasteiger partial charge in [0.25, 0.3) is 0 Å². The summed E-state index contributed by atoms with van der Waals surface area (Å²) in [4.78, 5) is 22.2. The number of hydrogen-bond acceptors (Lipinski definition) is 6. The van der Waals surface area contributed by atoms with Crippen molar-refractivity contribution in [1.29, 1.82) is 0 Å². The van der Waals surface area contributed by atoms with Crippen LogP contribution in [0, 0.1) is 12.3 Å². The molecule has 0 aliphatic carbocycles. The highest BCUT2D eigenvalue weighted by molar-refractivity contribution is 5.93. The Morgan fingerprint density at radius 1 is 1.19 bits per heavy atom. The lowest BCUT2D eigenvalue weighted by Crippen LogP contribution is -2.40. The number of amides is 1. The molecule has 7 heteroatoms. The van der Waals surface area contributed by atoms with E-state index >= 15 is 0 Å². The number of carbonyl (C=O) groups excluding carboxylic acids is 1. The first-order valence-corrected chi connectivity index (χ1v) is 10.2.